The molecule has 0 amide bonds. The van der Waals surface area contributed by atoms with E-state index in [2.05, 4.69) is 5.32 Å². The van der Waals surface area contributed by atoms with Crippen LogP contribution in [0.2, 0.25) is 10.0 Å². The first-order valence-corrected chi connectivity index (χ1v) is 8.06. The van der Waals surface area contributed by atoms with Gasteiger partial charge in [-0.1, -0.05) is 23.2 Å². The maximum atomic E-state index is 11.6. The van der Waals surface area contributed by atoms with E-state index in [1.807, 2.05) is 6.07 Å². The molecule has 0 saturated heterocycles. The maximum absolute atomic E-state index is 11.6. The number of methoxy groups -OCH3 is 1. The van der Waals surface area contributed by atoms with Crippen LogP contribution in [0, 0.1) is 0 Å². The predicted molar refractivity (Wildman–Crippen MR) is 88.1 cm³/mol. The average molecular weight is 365 g/mol. The largest absolute Gasteiger partial charge is 0.548 e. The number of fused-ring (bicyclic) bond motifs is 5. The highest BCUT2D eigenvalue weighted by Crippen LogP contribution is 2.52. The molecule has 2 heterocycles. The highest BCUT2D eigenvalue weighted by molar-refractivity contribution is 6.35. The van der Waals surface area contributed by atoms with E-state index in [0.717, 1.165) is 11.1 Å². The van der Waals surface area contributed by atoms with Gasteiger partial charge in [-0.25, -0.2) is 0 Å². The summed E-state index contributed by atoms with van der Waals surface area (Å²) in [6.07, 6.45) is -0.664. The fourth-order valence-corrected chi connectivity index (χ4v) is 4.05. The molecule has 2 aliphatic rings. The van der Waals surface area contributed by atoms with Crippen LogP contribution in [0.5, 0.6) is 11.5 Å². The fraction of sp³-hybridized carbons (Fsp3) is 0.235. The number of carbonyl (C=O) groups excluding carboxylic acids is 1. The first kappa shape index (κ1) is 15.4. The van der Waals surface area contributed by atoms with Crippen molar-refractivity contribution in [2.45, 2.75) is 18.1 Å². The molecule has 4 rings (SSSR count). The van der Waals surface area contributed by atoms with Crippen molar-refractivity contribution in [3.63, 3.8) is 0 Å². The third-order valence-corrected chi connectivity index (χ3v) is 4.97. The van der Waals surface area contributed by atoms with Gasteiger partial charge in [0.2, 0.25) is 0 Å². The quantitative estimate of drug-likeness (QED) is 0.885. The van der Waals surface area contributed by atoms with Crippen LogP contribution < -0.4 is 19.9 Å². The molecular weight excluding hydrogens is 353 g/mol. The van der Waals surface area contributed by atoms with Gasteiger partial charge in [-0.15, -0.1) is 0 Å². The molecule has 124 valence electrons. The molecule has 2 aromatic rings. The predicted octanol–water partition coefficient (Wildman–Crippen LogP) is 2.44. The number of carboxylic acids is 1. The van der Waals surface area contributed by atoms with E-state index < -0.39 is 18.1 Å². The van der Waals surface area contributed by atoms with E-state index in [1.165, 1.54) is 0 Å². The second-order valence-electron chi connectivity index (χ2n) is 5.75. The molecule has 0 aromatic heterocycles. The summed E-state index contributed by atoms with van der Waals surface area (Å²) in [6, 6.07) is 7.65. The van der Waals surface area contributed by atoms with Gasteiger partial charge in [-0.2, -0.15) is 0 Å². The molecule has 0 radical (unpaired) electrons. The molecular formula is C17H12Cl2NO4-. The number of carbonyl (C=O) groups is 1. The molecule has 0 saturated carbocycles. The topological polar surface area (TPSA) is 70.6 Å². The monoisotopic (exact) mass is 364 g/mol. The Labute approximate surface area is 148 Å². The summed E-state index contributed by atoms with van der Waals surface area (Å²) in [5.74, 6) is -0.323. The van der Waals surface area contributed by atoms with Crippen LogP contribution >= 0.6 is 23.2 Å². The van der Waals surface area contributed by atoms with Crippen molar-refractivity contribution in [3.05, 3.63) is 51.5 Å². The van der Waals surface area contributed by atoms with Crippen LogP contribution in [-0.4, -0.2) is 25.2 Å². The lowest BCUT2D eigenvalue weighted by atomic mass is 9.81. The van der Waals surface area contributed by atoms with Gasteiger partial charge in [0, 0.05) is 26.9 Å². The smallest absolute Gasteiger partial charge is 0.135 e. The number of halogens is 2. The highest BCUT2D eigenvalue weighted by atomic mass is 35.5. The minimum absolute atomic E-state index is 0.348. The second-order valence-corrected chi connectivity index (χ2v) is 6.60. The number of carboxylic acid groups (broad SMARTS) is 1. The highest BCUT2D eigenvalue weighted by Gasteiger charge is 2.46. The summed E-state index contributed by atoms with van der Waals surface area (Å²) in [5.41, 5.74) is 2.16. The molecule has 2 aliphatic heterocycles. The molecule has 3 unspecified atom stereocenters. The lowest BCUT2D eigenvalue weighted by molar-refractivity contribution is -0.308. The summed E-state index contributed by atoms with van der Waals surface area (Å²) in [4.78, 5) is 11.6. The molecule has 0 fully saturated rings. The Hall–Kier alpha value is -2.11. The molecule has 0 bridgehead atoms. The lowest BCUT2D eigenvalue weighted by Crippen LogP contribution is -2.53. The summed E-state index contributed by atoms with van der Waals surface area (Å²) < 4.78 is 11.2. The number of hydrogen-bond donors (Lipinski definition) is 1. The maximum Gasteiger partial charge on any atom is 0.135 e. The van der Waals surface area contributed by atoms with E-state index in [9.17, 15) is 9.90 Å². The summed E-state index contributed by atoms with van der Waals surface area (Å²) >= 11 is 12.5. The van der Waals surface area contributed by atoms with Gasteiger partial charge in [-0.05, 0) is 30.3 Å². The van der Waals surface area contributed by atoms with E-state index in [-0.39, 0.29) is 5.92 Å². The van der Waals surface area contributed by atoms with Gasteiger partial charge in [0.15, 0.2) is 0 Å². The lowest BCUT2D eigenvalue weighted by Gasteiger charge is -2.37. The molecule has 3 atom stereocenters. The standard InChI is InChI=1S/C17H13Cl2NO4/c1-23-8-2-3-12-9(6-8)13-14-10(19)4-7(18)5-11(14)20-15(17(21)22)16(13)24-12/h2-6,13,15-16,20H,1H3,(H,21,22)/p-1. The number of aliphatic carboxylic acids is 1. The van der Waals surface area contributed by atoms with Crippen molar-refractivity contribution in [3.8, 4) is 11.5 Å². The van der Waals surface area contributed by atoms with Gasteiger partial charge in [0.1, 0.15) is 23.6 Å². The Balaban J connectivity index is 1.94. The minimum atomic E-state index is -1.24. The summed E-state index contributed by atoms with van der Waals surface area (Å²) in [6.45, 7) is 0. The summed E-state index contributed by atoms with van der Waals surface area (Å²) in [7, 11) is 1.57. The van der Waals surface area contributed by atoms with Crippen LogP contribution in [-0.2, 0) is 4.79 Å². The molecule has 1 N–H and O–H groups in total. The van der Waals surface area contributed by atoms with Crippen LogP contribution in [0.25, 0.3) is 0 Å². The Morgan fingerprint density at radius 1 is 1.29 bits per heavy atom. The van der Waals surface area contributed by atoms with Crippen molar-refractivity contribution in [2.24, 2.45) is 0 Å². The van der Waals surface area contributed by atoms with Gasteiger partial charge in [0.25, 0.3) is 0 Å². The Bertz CT molecular complexity index is 855. The van der Waals surface area contributed by atoms with Crippen molar-refractivity contribution in [2.75, 3.05) is 12.4 Å². The van der Waals surface area contributed by atoms with Crippen LogP contribution in [0.3, 0.4) is 0 Å². The third-order valence-electron chi connectivity index (χ3n) is 4.44. The number of ether oxygens (including phenoxy) is 2. The van der Waals surface area contributed by atoms with Gasteiger partial charge >= 0.3 is 0 Å². The Morgan fingerprint density at radius 3 is 2.79 bits per heavy atom. The van der Waals surface area contributed by atoms with Gasteiger partial charge < -0.3 is 24.7 Å². The molecule has 0 aliphatic carbocycles. The third kappa shape index (κ3) is 2.19. The van der Waals surface area contributed by atoms with Crippen molar-refractivity contribution in [1.29, 1.82) is 0 Å². The number of rotatable bonds is 2. The van der Waals surface area contributed by atoms with Crippen molar-refractivity contribution in [1.82, 2.24) is 0 Å². The first-order chi connectivity index (χ1) is 11.5. The minimum Gasteiger partial charge on any atom is -0.548 e. The molecule has 5 nitrogen and oxygen atoms in total. The van der Waals surface area contributed by atoms with Crippen LogP contribution in [0.1, 0.15) is 17.0 Å². The molecule has 2 aromatic carbocycles. The zero-order valence-electron chi connectivity index (χ0n) is 12.5. The Kier molecular flexibility index (Phi) is 3.51. The van der Waals surface area contributed by atoms with E-state index in [1.54, 1.807) is 31.4 Å². The van der Waals surface area contributed by atoms with E-state index >= 15 is 0 Å². The van der Waals surface area contributed by atoms with Crippen LogP contribution in [0.15, 0.2) is 30.3 Å². The summed E-state index contributed by atoms with van der Waals surface area (Å²) in [5, 5.41) is 15.4. The zero-order chi connectivity index (χ0) is 17.0. The fourth-order valence-electron chi connectivity index (χ4n) is 3.44. The number of anilines is 1. The van der Waals surface area contributed by atoms with Crippen molar-refractivity contribution < 1.29 is 19.4 Å². The first-order valence-electron chi connectivity index (χ1n) is 7.30. The zero-order valence-corrected chi connectivity index (χ0v) is 14.0. The van der Waals surface area contributed by atoms with Crippen LogP contribution in [0.4, 0.5) is 5.69 Å². The van der Waals surface area contributed by atoms with Crippen molar-refractivity contribution >= 4 is 34.9 Å². The SMILES string of the molecule is COc1ccc2c(c1)C1c3c(Cl)cc(Cl)cc3NC(C(=O)[O-])C1O2. The molecule has 7 heteroatoms. The number of nitrogens with one attached hydrogen (secondary N) is 1. The normalized spacial score (nSPS) is 23.4. The average Bonchev–Trinajstić information content (AvgIpc) is 2.91. The Morgan fingerprint density at radius 2 is 2.08 bits per heavy atom. The second kappa shape index (κ2) is 5.46. The molecule has 0 spiro atoms. The van der Waals surface area contributed by atoms with E-state index in [0.29, 0.717) is 27.2 Å². The number of hydrogen-bond acceptors (Lipinski definition) is 5. The van der Waals surface area contributed by atoms with Gasteiger partial charge in [0.05, 0.1) is 19.0 Å². The van der Waals surface area contributed by atoms with E-state index in [4.69, 9.17) is 32.7 Å². The number of benzene rings is 2. The van der Waals surface area contributed by atoms with Gasteiger partial charge in [-0.3, -0.25) is 0 Å². The molecule has 24 heavy (non-hydrogen) atoms.